The van der Waals surface area contributed by atoms with Crippen LogP contribution in [0.2, 0.25) is 0 Å². The number of fused-ring (bicyclic) bond motifs is 2. The van der Waals surface area contributed by atoms with Crippen LogP contribution in [0.4, 0.5) is 10.7 Å². The van der Waals surface area contributed by atoms with E-state index < -0.39 is 5.60 Å². The van der Waals surface area contributed by atoms with Crippen molar-refractivity contribution in [3.8, 4) is 11.3 Å². The lowest BCUT2D eigenvalue weighted by Crippen LogP contribution is -2.49. The Bertz CT molecular complexity index is 1450. The van der Waals surface area contributed by atoms with Crippen LogP contribution >= 0.6 is 11.3 Å². The molecule has 38 heavy (non-hydrogen) atoms. The van der Waals surface area contributed by atoms with Crippen molar-refractivity contribution in [3.05, 3.63) is 35.3 Å². The molecular formula is C27H33N7O3S. The van der Waals surface area contributed by atoms with Gasteiger partial charge in [-0.25, -0.2) is 14.8 Å². The first kappa shape index (κ1) is 25.0. The number of hydrogen-bond donors (Lipinski definition) is 1. The molecule has 1 amide bonds. The van der Waals surface area contributed by atoms with E-state index in [1.165, 1.54) is 5.56 Å². The summed E-state index contributed by atoms with van der Waals surface area (Å²) >= 11 is 1.69. The minimum absolute atomic E-state index is 0.237. The number of H-pyrrole nitrogens is 1. The molecule has 10 nitrogen and oxygen atoms in total. The predicted molar refractivity (Wildman–Crippen MR) is 149 cm³/mol. The first-order valence-corrected chi connectivity index (χ1v) is 14.0. The van der Waals surface area contributed by atoms with Crippen molar-refractivity contribution in [1.82, 2.24) is 30.0 Å². The van der Waals surface area contributed by atoms with Gasteiger partial charge in [-0.2, -0.15) is 5.10 Å². The second kappa shape index (κ2) is 10.1. The summed E-state index contributed by atoms with van der Waals surface area (Å²) in [6.07, 6.45) is 1.63. The fourth-order valence-corrected chi connectivity index (χ4v) is 5.99. The van der Waals surface area contributed by atoms with Crippen molar-refractivity contribution in [2.45, 2.75) is 32.9 Å². The fraction of sp³-hybridized carbons (Fsp3) is 0.481. The maximum absolute atomic E-state index is 12.5. The highest BCUT2D eigenvalue weighted by atomic mass is 32.1. The first-order chi connectivity index (χ1) is 18.4. The Kier molecular flexibility index (Phi) is 6.67. The van der Waals surface area contributed by atoms with E-state index >= 15 is 0 Å². The number of carbonyl (C=O) groups is 1. The highest BCUT2D eigenvalue weighted by Gasteiger charge is 2.27. The van der Waals surface area contributed by atoms with E-state index in [1.54, 1.807) is 16.2 Å². The number of anilines is 1. The molecular weight excluding hydrogens is 502 g/mol. The number of rotatable bonds is 4. The van der Waals surface area contributed by atoms with Crippen molar-refractivity contribution in [2.75, 3.05) is 57.4 Å². The largest absolute Gasteiger partial charge is 0.444 e. The minimum Gasteiger partial charge on any atom is -0.444 e. The lowest BCUT2D eigenvalue weighted by atomic mass is 10.1. The predicted octanol–water partition coefficient (Wildman–Crippen LogP) is 4.12. The molecule has 3 aromatic heterocycles. The van der Waals surface area contributed by atoms with Gasteiger partial charge in [-0.15, -0.1) is 11.3 Å². The average molecular weight is 536 g/mol. The number of aromatic amines is 1. The number of aromatic nitrogens is 4. The highest BCUT2D eigenvalue weighted by molar-refractivity contribution is 7.17. The van der Waals surface area contributed by atoms with Crippen LogP contribution in [-0.4, -0.2) is 94.1 Å². The summed E-state index contributed by atoms with van der Waals surface area (Å²) in [6, 6.07) is 6.18. The smallest absolute Gasteiger partial charge is 0.410 e. The van der Waals surface area contributed by atoms with Crippen LogP contribution in [0.25, 0.3) is 32.4 Å². The van der Waals surface area contributed by atoms with Crippen molar-refractivity contribution in [3.63, 3.8) is 0 Å². The number of amides is 1. The van der Waals surface area contributed by atoms with Gasteiger partial charge in [0.2, 0.25) is 5.95 Å². The van der Waals surface area contributed by atoms with Crippen LogP contribution in [0, 0.1) is 0 Å². The molecule has 5 heterocycles. The van der Waals surface area contributed by atoms with Crippen LogP contribution in [-0.2, 0) is 16.0 Å². The second-order valence-electron chi connectivity index (χ2n) is 10.8. The average Bonchev–Trinajstić information content (AvgIpc) is 3.55. The van der Waals surface area contributed by atoms with Crippen LogP contribution in [0.5, 0.6) is 0 Å². The molecule has 200 valence electrons. The maximum atomic E-state index is 12.5. The summed E-state index contributed by atoms with van der Waals surface area (Å²) in [5.41, 5.74) is 4.68. The number of nitrogens with one attached hydrogen (secondary N) is 1. The Morgan fingerprint density at radius 2 is 1.89 bits per heavy atom. The first-order valence-electron chi connectivity index (χ1n) is 13.1. The van der Waals surface area contributed by atoms with Crippen LogP contribution in [0.15, 0.2) is 29.8 Å². The van der Waals surface area contributed by atoms with Gasteiger partial charge in [-0.1, -0.05) is 12.1 Å². The van der Waals surface area contributed by atoms with Gasteiger partial charge >= 0.3 is 6.09 Å². The third kappa shape index (κ3) is 5.05. The number of ether oxygens (including phenoxy) is 2. The molecule has 0 bridgehead atoms. The molecule has 11 heteroatoms. The zero-order valence-corrected chi connectivity index (χ0v) is 22.9. The van der Waals surface area contributed by atoms with E-state index in [1.807, 2.05) is 39.1 Å². The summed E-state index contributed by atoms with van der Waals surface area (Å²) in [5.74, 6) is 0.741. The van der Waals surface area contributed by atoms with E-state index in [2.05, 4.69) is 31.4 Å². The molecule has 2 aliphatic rings. The summed E-state index contributed by atoms with van der Waals surface area (Å²) in [7, 11) is 0. The summed E-state index contributed by atoms with van der Waals surface area (Å²) in [5, 5.41) is 10.6. The number of piperazine rings is 1. The standard InChI is InChI=1S/C27H33N7O3S/c1-27(2,3)37-26(35)34-9-7-32(8-10-34)16-18-17-38-24-22(18)29-25(33-11-13-36-14-12-33)30-23(24)19-5-4-6-21-20(19)15-28-31-21/h4-6,15,17H,7-14,16H2,1-3H3,(H,28,31). The number of hydrogen-bond acceptors (Lipinski definition) is 9. The monoisotopic (exact) mass is 535 g/mol. The SMILES string of the molecule is CC(C)(C)OC(=O)N1CCN(Cc2csc3c(-c4cccc5[nH]ncc45)nc(N4CCOCC4)nc23)CC1. The van der Waals surface area contributed by atoms with E-state index in [0.29, 0.717) is 26.3 Å². The third-order valence-electron chi connectivity index (χ3n) is 6.93. The molecule has 4 aromatic rings. The van der Waals surface area contributed by atoms with Gasteiger partial charge in [0.1, 0.15) is 5.60 Å². The summed E-state index contributed by atoms with van der Waals surface area (Å²) in [4.78, 5) is 29.1. The zero-order valence-electron chi connectivity index (χ0n) is 22.1. The molecule has 1 aromatic carbocycles. The Morgan fingerprint density at radius 1 is 1.11 bits per heavy atom. The van der Waals surface area contributed by atoms with Gasteiger partial charge in [0.25, 0.3) is 0 Å². The summed E-state index contributed by atoms with van der Waals surface area (Å²) in [6.45, 7) is 12.2. The van der Waals surface area contributed by atoms with Gasteiger partial charge in [0, 0.05) is 62.3 Å². The van der Waals surface area contributed by atoms with Gasteiger partial charge in [0.15, 0.2) is 0 Å². The van der Waals surface area contributed by atoms with E-state index in [0.717, 1.165) is 71.0 Å². The molecule has 6 rings (SSSR count). The molecule has 0 atom stereocenters. The quantitative estimate of drug-likeness (QED) is 0.417. The Hall–Kier alpha value is -3.28. The molecule has 0 radical (unpaired) electrons. The van der Waals surface area contributed by atoms with E-state index in [9.17, 15) is 4.79 Å². The van der Waals surface area contributed by atoms with Gasteiger partial charge < -0.3 is 19.3 Å². The maximum Gasteiger partial charge on any atom is 0.410 e. The van der Waals surface area contributed by atoms with Crippen molar-refractivity contribution < 1.29 is 14.3 Å². The van der Waals surface area contributed by atoms with Crippen molar-refractivity contribution in [2.24, 2.45) is 0 Å². The van der Waals surface area contributed by atoms with E-state index in [4.69, 9.17) is 19.4 Å². The number of nitrogens with zero attached hydrogens (tertiary/aromatic N) is 6. The van der Waals surface area contributed by atoms with Crippen LogP contribution < -0.4 is 4.90 Å². The molecule has 0 saturated carbocycles. The molecule has 2 saturated heterocycles. The molecule has 1 N–H and O–H groups in total. The second-order valence-corrected chi connectivity index (χ2v) is 11.7. The van der Waals surface area contributed by atoms with Gasteiger partial charge in [-0.3, -0.25) is 10.00 Å². The number of carbonyl (C=O) groups excluding carboxylic acids is 1. The Labute approximate surface area is 225 Å². The lowest BCUT2D eigenvalue weighted by Gasteiger charge is -2.35. The molecule has 2 aliphatic heterocycles. The van der Waals surface area contributed by atoms with Crippen LogP contribution in [0.1, 0.15) is 26.3 Å². The number of morpholine rings is 1. The lowest BCUT2D eigenvalue weighted by molar-refractivity contribution is 0.0139. The molecule has 0 spiro atoms. The fourth-order valence-electron chi connectivity index (χ4n) is 4.98. The highest BCUT2D eigenvalue weighted by Crippen LogP contribution is 2.37. The van der Waals surface area contributed by atoms with Crippen molar-refractivity contribution >= 4 is 44.5 Å². The van der Waals surface area contributed by atoms with Gasteiger partial charge in [-0.05, 0) is 32.2 Å². The van der Waals surface area contributed by atoms with Crippen LogP contribution in [0.3, 0.4) is 0 Å². The van der Waals surface area contributed by atoms with E-state index in [-0.39, 0.29) is 6.09 Å². The third-order valence-corrected chi connectivity index (χ3v) is 7.95. The topological polar surface area (TPSA) is 99.7 Å². The normalized spacial score (nSPS) is 17.4. The van der Waals surface area contributed by atoms with Crippen molar-refractivity contribution in [1.29, 1.82) is 0 Å². The molecule has 2 fully saturated rings. The molecule has 0 aliphatic carbocycles. The zero-order chi connectivity index (χ0) is 26.3. The molecule has 0 unspecified atom stereocenters. The number of thiophene rings is 1. The summed E-state index contributed by atoms with van der Waals surface area (Å²) < 4.78 is 12.2. The van der Waals surface area contributed by atoms with Gasteiger partial charge in [0.05, 0.1) is 40.8 Å². The minimum atomic E-state index is -0.486. The number of benzene rings is 1. The Morgan fingerprint density at radius 3 is 2.66 bits per heavy atom. The Balaban J connectivity index is 1.30.